The number of halogens is 1. The van der Waals surface area contributed by atoms with E-state index in [-0.39, 0.29) is 37.7 Å². The van der Waals surface area contributed by atoms with Gasteiger partial charge in [-0.05, 0) is 73.2 Å². The van der Waals surface area contributed by atoms with Gasteiger partial charge in [-0.25, -0.2) is 4.39 Å². The predicted octanol–water partition coefficient (Wildman–Crippen LogP) is 6.12. The van der Waals surface area contributed by atoms with Gasteiger partial charge in [0, 0.05) is 49.1 Å². The molecule has 0 radical (unpaired) electrons. The number of aromatic nitrogens is 1. The van der Waals surface area contributed by atoms with E-state index in [9.17, 15) is 9.59 Å². The Hall–Kier alpha value is -4.05. The number of amides is 2. The van der Waals surface area contributed by atoms with Crippen LogP contribution in [0.3, 0.4) is 0 Å². The maximum Gasteiger partial charge on any atom is 0.257 e. The van der Waals surface area contributed by atoms with Gasteiger partial charge in [-0.2, -0.15) is 5.26 Å². The molecule has 1 N–H and O–H groups in total. The van der Waals surface area contributed by atoms with E-state index in [1.165, 1.54) is 0 Å². The van der Waals surface area contributed by atoms with Gasteiger partial charge >= 0.3 is 0 Å². The lowest BCUT2D eigenvalue weighted by Gasteiger charge is -2.37. The first-order valence-corrected chi connectivity index (χ1v) is 13.0. The minimum Gasteiger partial charge on any atom is -0.338 e. The van der Waals surface area contributed by atoms with Crippen molar-refractivity contribution in [3.05, 3.63) is 93.8 Å². The van der Waals surface area contributed by atoms with E-state index in [0.29, 0.717) is 39.4 Å². The van der Waals surface area contributed by atoms with Gasteiger partial charge in [0.25, 0.3) is 11.8 Å². The molecule has 0 bridgehead atoms. The van der Waals surface area contributed by atoms with E-state index in [1.54, 1.807) is 47.5 Å². The van der Waals surface area contributed by atoms with Crippen molar-refractivity contribution in [1.29, 1.82) is 5.26 Å². The lowest BCUT2D eigenvalue weighted by atomic mass is 9.85. The van der Waals surface area contributed by atoms with Gasteiger partial charge in [-0.3, -0.25) is 14.6 Å². The molecule has 1 saturated heterocycles. The molecule has 3 aromatic rings. The molecule has 38 heavy (non-hydrogen) atoms. The molecule has 1 aliphatic heterocycles. The van der Waals surface area contributed by atoms with Gasteiger partial charge in [-0.15, -0.1) is 0 Å². The summed E-state index contributed by atoms with van der Waals surface area (Å²) in [4.78, 5) is 32.5. The first-order chi connectivity index (χ1) is 18.1. The largest absolute Gasteiger partial charge is 0.338 e. The van der Waals surface area contributed by atoms with E-state index in [4.69, 9.17) is 5.26 Å². The smallest absolute Gasteiger partial charge is 0.257 e. The molecule has 0 saturated carbocycles. The third-order valence-electron chi connectivity index (χ3n) is 7.21. The van der Waals surface area contributed by atoms with Crippen LogP contribution in [0.2, 0.25) is 0 Å². The van der Waals surface area contributed by atoms with Crippen molar-refractivity contribution >= 4 is 17.5 Å². The number of anilines is 1. The molecule has 6 nitrogen and oxygen atoms in total. The summed E-state index contributed by atoms with van der Waals surface area (Å²) in [5.74, 6) is 0.0183. The minimum atomic E-state index is -1.54. The number of nitriles is 1. The average Bonchev–Trinajstić information content (AvgIpc) is 2.90. The average molecular weight is 513 g/mol. The fraction of sp³-hybridized carbons (Fsp3) is 0.355. The predicted molar refractivity (Wildman–Crippen MR) is 146 cm³/mol. The van der Waals surface area contributed by atoms with Crippen LogP contribution in [0.4, 0.5) is 10.1 Å². The van der Waals surface area contributed by atoms with Crippen molar-refractivity contribution in [2.75, 3.05) is 18.4 Å². The van der Waals surface area contributed by atoms with Crippen molar-refractivity contribution in [2.24, 2.45) is 5.92 Å². The molecule has 7 heteroatoms. The third-order valence-corrected chi connectivity index (χ3v) is 7.21. The zero-order valence-corrected chi connectivity index (χ0v) is 22.3. The molecular weight excluding hydrogens is 479 g/mol. The zero-order valence-electron chi connectivity index (χ0n) is 22.3. The number of nitrogens with zero attached hydrogens (tertiary/aromatic N) is 3. The number of aryl methyl sites for hydroxylation is 1. The Bertz CT molecular complexity index is 1370. The van der Waals surface area contributed by atoms with Crippen LogP contribution in [0.1, 0.15) is 75.4 Å². The van der Waals surface area contributed by atoms with Gasteiger partial charge in [0.1, 0.15) is 5.67 Å². The van der Waals surface area contributed by atoms with Gasteiger partial charge in [0.2, 0.25) is 0 Å². The number of carbonyl (C=O) groups is 2. The molecule has 2 aromatic carbocycles. The summed E-state index contributed by atoms with van der Waals surface area (Å²) >= 11 is 0. The van der Waals surface area contributed by atoms with Gasteiger partial charge in [0.05, 0.1) is 17.2 Å². The second-order valence-corrected chi connectivity index (χ2v) is 10.5. The molecule has 1 aromatic heterocycles. The van der Waals surface area contributed by atoms with Crippen molar-refractivity contribution < 1.29 is 14.0 Å². The maximum atomic E-state index is 15.7. The first kappa shape index (κ1) is 27.0. The Kier molecular flexibility index (Phi) is 7.91. The lowest BCUT2D eigenvalue weighted by molar-refractivity contribution is 0.0420. The Balaban J connectivity index is 1.47. The number of nitrogens with one attached hydrogen (secondary N) is 1. The Morgan fingerprint density at radius 2 is 1.76 bits per heavy atom. The quantitative estimate of drug-likeness (QED) is 0.431. The van der Waals surface area contributed by atoms with Crippen LogP contribution in [-0.2, 0) is 12.1 Å². The molecule has 0 aliphatic carbocycles. The van der Waals surface area contributed by atoms with Crippen molar-refractivity contribution in [3.63, 3.8) is 0 Å². The second kappa shape index (κ2) is 11.1. The highest BCUT2D eigenvalue weighted by molar-refractivity contribution is 6.06. The molecule has 0 spiro atoms. The minimum absolute atomic E-state index is 0.169. The van der Waals surface area contributed by atoms with Crippen LogP contribution in [0.25, 0.3) is 0 Å². The van der Waals surface area contributed by atoms with Crippen molar-refractivity contribution in [3.8, 4) is 6.07 Å². The normalized spacial score (nSPS) is 14.7. The fourth-order valence-corrected chi connectivity index (χ4v) is 4.96. The van der Waals surface area contributed by atoms with Gasteiger partial charge in [0.15, 0.2) is 0 Å². The van der Waals surface area contributed by atoms with E-state index >= 15 is 4.39 Å². The Morgan fingerprint density at radius 1 is 1.08 bits per heavy atom. The van der Waals surface area contributed by atoms with Crippen molar-refractivity contribution in [1.82, 2.24) is 9.88 Å². The van der Waals surface area contributed by atoms with E-state index < -0.39 is 5.67 Å². The lowest BCUT2D eigenvalue weighted by Crippen LogP contribution is -2.43. The molecule has 1 fully saturated rings. The molecule has 0 unspecified atom stereocenters. The number of hydrogen-bond acceptors (Lipinski definition) is 4. The highest BCUT2D eigenvalue weighted by atomic mass is 19.1. The topological polar surface area (TPSA) is 86.1 Å². The van der Waals surface area contributed by atoms with E-state index in [1.807, 2.05) is 32.0 Å². The van der Waals surface area contributed by atoms with Crippen LogP contribution in [0.15, 0.2) is 54.7 Å². The standard InChI is InChI=1S/C31H33FN4O2/c1-20(2)17-26-11-8-24(19-34-26)29(37)35-27-12-5-21(3)28(22(27)4)30(38)36-15-13-31(32,14-16-36)25-9-6-23(18-33)7-10-25/h5-12,19-20H,13-17H2,1-4H3,(H,35,37). The second-order valence-electron chi connectivity index (χ2n) is 10.5. The zero-order chi connectivity index (χ0) is 27.4. The summed E-state index contributed by atoms with van der Waals surface area (Å²) in [6.07, 6.45) is 2.78. The number of likely N-dealkylation sites (tertiary alicyclic amines) is 1. The third kappa shape index (κ3) is 5.75. The number of pyridine rings is 1. The SMILES string of the molecule is Cc1ccc(NC(=O)c2ccc(CC(C)C)nc2)c(C)c1C(=O)N1CCC(F)(c2ccc(C#N)cc2)CC1. The number of carbonyl (C=O) groups excluding carboxylic acids is 2. The summed E-state index contributed by atoms with van der Waals surface area (Å²) in [7, 11) is 0. The summed E-state index contributed by atoms with van der Waals surface area (Å²) < 4.78 is 15.7. The summed E-state index contributed by atoms with van der Waals surface area (Å²) in [6, 6.07) is 15.9. The number of hydrogen-bond donors (Lipinski definition) is 1. The van der Waals surface area contributed by atoms with Crippen molar-refractivity contribution in [2.45, 2.75) is 52.6 Å². The highest BCUT2D eigenvalue weighted by Gasteiger charge is 2.38. The summed E-state index contributed by atoms with van der Waals surface area (Å²) in [6.45, 7) is 8.48. The highest BCUT2D eigenvalue weighted by Crippen LogP contribution is 2.38. The number of benzene rings is 2. The number of rotatable bonds is 6. The molecule has 1 aliphatic rings. The fourth-order valence-electron chi connectivity index (χ4n) is 4.96. The van der Waals surface area contributed by atoms with E-state index in [0.717, 1.165) is 17.7 Å². The molecular formula is C31H33FN4O2. The molecule has 196 valence electrons. The first-order valence-electron chi connectivity index (χ1n) is 13.0. The number of alkyl halides is 1. The monoisotopic (exact) mass is 512 g/mol. The van der Waals surface area contributed by atoms with Gasteiger partial charge < -0.3 is 10.2 Å². The van der Waals surface area contributed by atoms with Crippen LogP contribution < -0.4 is 5.32 Å². The molecule has 2 amide bonds. The number of piperidine rings is 1. The molecule has 0 atom stereocenters. The van der Waals surface area contributed by atoms with Crippen LogP contribution in [0, 0.1) is 31.1 Å². The molecule has 4 rings (SSSR count). The summed E-state index contributed by atoms with van der Waals surface area (Å²) in [5, 5.41) is 11.9. The summed E-state index contributed by atoms with van der Waals surface area (Å²) in [5.41, 5.74) is 3.43. The van der Waals surface area contributed by atoms with Gasteiger partial charge in [-0.1, -0.05) is 32.0 Å². The van der Waals surface area contributed by atoms with Crippen LogP contribution in [-0.4, -0.2) is 34.8 Å². The van der Waals surface area contributed by atoms with Crippen LogP contribution in [0.5, 0.6) is 0 Å². The maximum absolute atomic E-state index is 15.7. The van der Waals surface area contributed by atoms with Crippen LogP contribution >= 0.6 is 0 Å². The Morgan fingerprint density at radius 3 is 2.34 bits per heavy atom. The Labute approximate surface area is 223 Å². The molecule has 2 heterocycles. The van der Waals surface area contributed by atoms with E-state index in [2.05, 4.69) is 24.1 Å².